The van der Waals surface area contributed by atoms with Crippen LogP contribution in [0.25, 0.3) is 0 Å². The van der Waals surface area contributed by atoms with Crippen molar-refractivity contribution in [3.8, 4) is 6.07 Å². The number of carbonyl (C=O) groups is 2. The number of sulfonamides is 1. The van der Waals surface area contributed by atoms with Gasteiger partial charge in [0.25, 0.3) is 15.9 Å². The third-order valence-corrected chi connectivity index (χ3v) is 8.63. The summed E-state index contributed by atoms with van der Waals surface area (Å²) in [6.45, 7) is 3.28. The van der Waals surface area contributed by atoms with Crippen LogP contribution in [0.15, 0.2) is 53.4 Å². The Labute approximate surface area is 205 Å². The lowest BCUT2D eigenvalue weighted by atomic mass is 9.83. The second-order valence-electron chi connectivity index (χ2n) is 9.30. The summed E-state index contributed by atoms with van der Waals surface area (Å²) in [6.07, 6.45) is 3.31. The molecule has 2 aromatic carbocycles. The quantitative estimate of drug-likeness (QED) is 0.611. The van der Waals surface area contributed by atoms with E-state index in [4.69, 9.17) is 4.74 Å². The molecule has 9 heteroatoms. The van der Waals surface area contributed by atoms with Crippen LogP contribution in [0.1, 0.15) is 61.9 Å². The van der Waals surface area contributed by atoms with Crippen LogP contribution < -0.4 is 9.62 Å². The Kier molecular flexibility index (Phi) is 6.86. The number of hydrogen-bond acceptors (Lipinski definition) is 6. The van der Waals surface area contributed by atoms with Crippen LogP contribution >= 0.6 is 0 Å². The van der Waals surface area contributed by atoms with Crippen LogP contribution in [0.2, 0.25) is 0 Å². The molecule has 1 heterocycles. The first-order valence-corrected chi connectivity index (χ1v) is 13.3. The van der Waals surface area contributed by atoms with Crippen molar-refractivity contribution in [3.63, 3.8) is 0 Å². The highest BCUT2D eigenvalue weighted by molar-refractivity contribution is 7.92. The molecule has 2 atom stereocenters. The number of nitrogens with one attached hydrogen (secondary N) is 1. The van der Waals surface area contributed by atoms with Crippen LogP contribution in [-0.2, 0) is 26.0 Å². The molecule has 0 bridgehead atoms. The lowest BCUT2D eigenvalue weighted by Gasteiger charge is -2.32. The number of hydrogen-bond donors (Lipinski definition) is 1. The standard InChI is InChI=1S/C26H29N3O5S/c1-18-15-20-9-4-5-12-23(20)29(18)35(32,33)22-11-8-10-21(16-22)25(31)34-19(2)24(30)28-26(17-27)13-6-3-7-14-26/h4-5,8-12,16,18-19H,3,6-7,13-15H2,1-2H3,(H,28,30). The van der Waals surface area contributed by atoms with Crippen molar-refractivity contribution in [3.05, 3.63) is 59.7 Å². The lowest BCUT2D eigenvalue weighted by Crippen LogP contribution is -2.52. The van der Waals surface area contributed by atoms with E-state index in [2.05, 4.69) is 11.4 Å². The Morgan fingerprint density at radius 2 is 1.86 bits per heavy atom. The van der Waals surface area contributed by atoms with Crippen LogP contribution in [0.3, 0.4) is 0 Å². The van der Waals surface area contributed by atoms with Crippen molar-refractivity contribution in [1.82, 2.24) is 5.32 Å². The molecule has 1 aliphatic heterocycles. The number of nitrogens with zero attached hydrogens (tertiary/aromatic N) is 2. The average molecular weight is 496 g/mol. The number of benzene rings is 2. The van der Waals surface area contributed by atoms with E-state index in [0.29, 0.717) is 24.9 Å². The first-order chi connectivity index (χ1) is 16.7. The zero-order chi connectivity index (χ0) is 25.2. The minimum atomic E-state index is -3.92. The number of amides is 1. The topological polar surface area (TPSA) is 117 Å². The van der Waals surface area contributed by atoms with Gasteiger partial charge >= 0.3 is 5.97 Å². The SMILES string of the molecule is CC(OC(=O)c1cccc(S(=O)(=O)N2c3ccccc3CC2C)c1)C(=O)NC1(C#N)CCCCC1. The Morgan fingerprint density at radius 3 is 2.57 bits per heavy atom. The van der Waals surface area contributed by atoms with Crippen molar-refractivity contribution < 1.29 is 22.7 Å². The van der Waals surface area contributed by atoms with E-state index < -0.39 is 33.5 Å². The molecule has 4 rings (SSSR count). The molecule has 1 amide bonds. The van der Waals surface area contributed by atoms with Gasteiger partial charge in [-0.15, -0.1) is 0 Å². The van der Waals surface area contributed by atoms with Crippen molar-refractivity contribution >= 4 is 27.6 Å². The predicted molar refractivity (Wildman–Crippen MR) is 130 cm³/mol. The Hall–Kier alpha value is -3.38. The second-order valence-corrected chi connectivity index (χ2v) is 11.1. The van der Waals surface area contributed by atoms with Crippen molar-refractivity contribution in [1.29, 1.82) is 5.26 Å². The van der Waals surface area contributed by atoms with E-state index >= 15 is 0 Å². The number of ether oxygens (including phenoxy) is 1. The Balaban J connectivity index is 1.49. The fourth-order valence-corrected chi connectivity index (χ4v) is 6.58. The monoisotopic (exact) mass is 495 g/mol. The minimum Gasteiger partial charge on any atom is -0.449 e. The molecule has 1 aliphatic carbocycles. The predicted octanol–water partition coefficient (Wildman–Crippen LogP) is 3.71. The summed E-state index contributed by atoms with van der Waals surface area (Å²) in [4.78, 5) is 25.4. The summed E-state index contributed by atoms with van der Waals surface area (Å²) in [5.74, 6) is -1.36. The molecule has 2 aromatic rings. The Morgan fingerprint density at radius 1 is 1.14 bits per heavy atom. The summed E-state index contributed by atoms with van der Waals surface area (Å²) >= 11 is 0. The molecule has 0 saturated heterocycles. The van der Waals surface area contributed by atoms with E-state index in [0.717, 1.165) is 24.8 Å². The van der Waals surface area contributed by atoms with Gasteiger partial charge < -0.3 is 10.1 Å². The zero-order valence-corrected chi connectivity index (χ0v) is 20.7. The molecule has 1 saturated carbocycles. The summed E-state index contributed by atoms with van der Waals surface area (Å²) in [6, 6.07) is 14.9. The molecule has 0 spiro atoms. The highest BCUT2D eigenvalue weighted by Crippen LogP contribution is 2.36. The van der Waals surface area contributed by atoms with Gasteiger partial charge in [-0.25, -0.2) is 13.2 Å². The molecular formula is C26H29N3O5S. The van der Waals surface area contributed by atoms with Crippen LogP contribution in [0, 0.1) is 11.3 Å². The molecule has 0 radical (unpaired) electrons. The Bertz CT molecular complexity index is 1280. The van der Waals surface area contributed by atoms with E-state index in [1.54, 1.807) is 12.1 Å². The van der Waals surface area contributed by atoms with E-state index in [-0.39, 0.29) is 16.5 Å². The van der Waals surface area contributed by atoms with Crippen LogP contribution in [-0.4, -0.2) is 38.0 Å². The highest BCUT2D eigenvalue weighted by Gasteiger charge is 2.37. The van der Waals surface area contributed by atoms with Gasteiger partial charge in [0, 0.05) is 6.04 Å². The third-order valence-electron chi connectivity index (χ3n) is 6.71. The van der Waals surface area contributed by atoms with Gasteiger partial charge in [0.1, 0.15) is 5.54 Å². The lowest BCUT2D eigenvalue weighted by molar-refractivity contribution is -0.130. The van der Waals surface area contributed by atoms with E-state index in [9.17, 15) is 23.3 Å². The zero-order valence-electron chi connectivity index (χ0n) is 19.9. The first kappa shape index (κ1) is 24.7. The van der Waals surface area contributed by atoms with Gasteiger partial charge in [-0.1, -0.05) is 43.5 Å². The number of rotatable bonds is 6. The number of fused-ring (bicyclic) bond motifs is 1. The largest absolute Gasteiger partial charge is 0.449 e. The second kappa shape index (κ2) is 9.70. The van der Waals surface area contributed by atoms with Gasteiger partial charge in [-0.3, -0.25) is 9.10 Å². The molecule has 8 nitrogen and oxygen atoms in total. The molecule has 0 aromatic heterocycles. The van der Waals surface area contributed by atoms with Crippen molar-refractivity contribution in [2.45, 2.75) is 75.0 Å². The fourth-order valence-electron chi connectivity index (χ4n) is 4.84. The molecule has 2 aliphatic rings. The van der Waals surface area contributed by atoms with Gasteiger partial charge in [0.15, 0.2) is 6.10 Å². The molecule has 35 heavy (non-hydrogen) atoms. The molecule has 1 fully saturated rings. The number of para-hydroxylation sites is 1. The maximum atomic E-state index is 13.5. The first-order valence-electron chi connectivity index (χ1n) is 11.8. The smallest absolute Gasteiger partial charge is 0.338 e. The van der Waals surface area contributed by atoms with Crippen LogP contribution in [0.4, 0.5) is 5.69 Å². The summed E-state index contributed by atoms with van der Waals surface area (Å²) in [7, 11) is -3.92. The summed E-state index contributed by atoms with van der Waals surface area (Å²) in [5.41, 5.74) is 0.671. The number of anilines is 1. The van der Waals surface area contributed by atoms with E-state index in [1.807, 2.05) is 19.1 Å². The normalized spacial score (nSPS) is 19.8. The molecule has 2 unspecified atom stereocenters. The van der Waals surface area contributed by atoms with E-state index in [1.165, 1.54) is 35.5 Å². The maximum Gasteiger partial charge on any atom is 0.338 e. The minimum absolute atomic E-state index is 0.0264. The van der Waals surface area contributed by atoms with Gasteiger partial charge in [-0.05, 0) is 62.9 Å². The average Bonchev–Trinajstić information content (AvgIpc) is 3.21. The third kappa shape index (κ3) is 4.89. The van der Waals surface area contributed by atoms with Gasteiger partial charge in [0.2, 0.25) is 0 Å². The molecular weight excluding hydrogens is 466 g/mol. The summed E-state index contributed by atoms with van der Waals surface area (Å²) in [5, 5.41) is 12.3. The number of nitriles is 1. The summed E-state index contributed by atoms with van der Waals surface area (Å²) < 4.78 is 33.7. The maximum absolute atomic E-state index is 13.5. The van der Waals surface area contributed by atoms with Gasteiger partial charge in [-0.2, -0.15) is 5.26 Å². The molecule has 184 valence electrons. The van der Waals surface area contributed by atoms with Crippen molar-refractivity contribution in [2.75, 3.05) is 4.31 Å². The highest BCUT2D eigenvalue weighted by atomic mass is 32.2. The van der Waals surface area contributed by atoms with Crippen molar-refractivity contribution in [2.24, 2.45) is 0 Å². The van der Waals surface area contributed by atoms with Gasteiger partial charge in [0.05, 0.1) is 22.2 Å². The van der Waals surface area contributed by atoms with Crippen LogP contribution in [0.5, 0.6) is 0 Å². The number of esters is 1. The number of carbonyl (C=O) groups excluding carboxylic acids is 2. The fraction of sp³-hybridized carbons (Fsp3) is 0.423. The molecule has 1 N–H and O–H groups in total.